The molecule has 0 aliphatic rings. The number of ether oxygens (including phenoxy) is 1. The first-order valence-electron chi connectivity index (χ1n) is 7.48. The van der Waals surface area contributed by atoms with E-state index < -0.39 is 0 Å². The predicted octanol–water partition coefficient (Wildman–Crippen LogP) is 4.03. The number of hydrogen-bond acceptors (Lipinski definition) is 3. The smallest absolute Gasteiger partial charge is 0.132 e. The summed E-state index contributed by atoms with van der Waals surface area (Å²) in [5.74, 6) is 1.66. The summed E-state index contributed by atoms with van der Waals surface area (Å²) >= 11 is 0. The van der Waals surface area contributed by atoms with Crippen LogP contribution >= 0.6 is 0 Å². The summed E-state index contributed by atoms with van der Waals surface area (Å²) in [4.78, 5) is 0. The van der Waals surface area contributed by atoms with Crippen LogP contribution in [0.25, 0.3) is 0 Å². The largest absolute Gasteiger partial charge is 0.457 e. The minimum Gasteiger partial charge on any atom is -0.457 e. The molecule has 1 unspecified atom stereocenters. The van der Waals surface area contributed by atoms with Crippen molar-refractivity contribution < 1.29 is 9.84 Å². The molecule has 0 amide bonds. The number of aliphatic hydroxyl groups excluding tert-OH is 1. The van der Waals surface area contributed by atoms with Crippen LogP contribution in [0.5, 0.6) is 11.5 Å². The third-order valence-electron chi connectivity index (χ3n) is 3.49. The molecule has 0 aliphatic heterocycles. The molecule has 0 radical (unpaired) electrons. The highest BCUT2D eigenvalue weighted by atomic mass is 16.5. The Hall–Kier alpha value is -1.84. The van der Waals surface area contributed by atoms with Gasteiger partial charge in [0.05, 0.1) is 6.61 Å². The van der Waals surface area contributed by atoms with E-state index in [1.54, 1.807) is 0 Å². The molecule has 21 heavy (non-hydrogen) atoms. The Labute approximate surface area is 126 Å². The van der Waals surface area contributed by atoms with Gasteiger partial charge in [0.15, 0.2) is 0 Å². The highest BCUT2D eigenvalue weighted by Crippen LogP contribution is 2.31. The van der Waals surface area contributed by atoms with Crippen LogP contribution in [-0.2, 0) is 6.61 Å². The van der Waals surface area contributed by atoms with E-state index in [9.17, 15) is 0 Å². The van der Waals surface area contributed by atoms with Crippen LogP contribution in [0.1, 0.15) is 37.4 Å². The number of aliphatic hydroxyl groups is 1. The lowest BCUT2D eigenvalue weighted by Gasteiger charge is -2.20. The van der Waals surface area contributed by atoms with E-state index in [0.29, 0.717) is 6.04 Å². The van der Waals surface area contributed by atoms with Gasteiger partial charge in [0.25, 0.3) is 0 Å². The second kappa shape index (κ2) is 7.81. The molecule has 0 bridgehead atoms. The van der Waals surface area contributed by atoms with E-state index in [2.05, 4.69) is 25.2 Å². The van der Waals surface area contributed by atoms with Gasteiger partial charge in [-0.15, -0.1) is 0 Å². The molecule has 0 saturated carbocycles. The summed E-state index contributed by atoms with van der Waals surface area (Å²) in [5.41, 5.74) is 2.06. The first kappa shape index (κ1) is 15.5. The Morgan fingerprint density at radius 1 is 1.05 bits per heavy atom. The number of hydrogen-bond donors (Lipinski definition) is 2. The number of benzene rings is 2. The van der Waals surface area contributed by atoms with Crippen LogP contribution in [0, 0.1) is 0 Å². The van der Waals surface area contributed by atoms with Crippen molar-refractivity contribution in [1.82, 2.24) is 5.32 Å². The van der Waals surface area contributed by atoms with Gasteiger partial charge in [-0.2, -0.15) is 0 Å². The van der Waals surface area contributed by atoms with Crippen molar-refractivity contribution in [3.63, 3.8) is 0 Å². The van der Waals surface area contributed by atoms with Crippen LogP contribution in [0.2, 0.25) is 0 Å². The average Bonchev–Trinajstić information content (AvgIpc) is 2.54. The molecule has 112 valence electrons. The SMILES string of the molecule is CCNC(CC)c1ccccc1Oc1ccc(CO)cc1. The summed E-state index contributed by atoms with van der Waals surface area (Å²) in [6.45, 7) is 5.26. The molecule has 0 aromatic heterocycles. The summed E-state index contributed by atoms with van der Waals surface area (Å²) in [6.07, 6.45) is 1.01. The van der Waals surface area contributed by atoms with Gasteiger partial charge in [0, 0.05) is 11.6 Å². The van der Waals surface area contributed by atoms with Gasteiger partial charge in [-0.25, -0.2) is 0 Å². The summed E-state index contributed by atoms with van der Waals surface area (Å²) in [7, 11) is 0. The molecule has 0 aliphatic carbocycles. The van der Waals surface area contributed by atoms with E-state index in [1.165, 1.54) is 5.56 Å². The van der Waals surface area contributed by atoms with Crippen molar-refractivity contribution in [3.8, 4) is 11.5 Å². The Kier molecular flexibility index (Phi) is 5.78. The van der Waals surface area contributed by atoms with Crippen molar-refractivity contribution in [2.45, 2.75) is 32.9 Å². The second-order valence-corrected chi connectivity index (χ2v) is 4.96. The normalized spacial score (nSPS) is 12.1. The number of nitrogens with one attached hydrogen (secondary N) is 1. The zero-order valence-corrected chi connectivity index (χ0v) is 12.7. The van der Waals surface area contributed by atoms with Crippen molar-refractivity contribution in [3.05, 3.63) is 59.7 Å². The molecule has 2 aromatic rings. The minimum absolute atomic E-state index is 0.0508. The summed E-state index contributed by atoms with van der Waals surface area (Å²) in [6, 6.07) is 15.9. The monoisotopic (exact) mass is 285 g/mol. The Morgan fingerprint density at radius 2 is 1.76 bits per heavy atom. The van der Waals surface area contributed by atoms with Gasteiger partial charge >= 0.3 is 0 Å². The molecule has 2 aromatic carbocycles. The molecule has 2 N–H and O–H groups in total. The number of rotatable bonds is 7. The maximum atomic E-state index is 9.08. The van der Waals surface area contributed by atoms with Gasteiger partial charge in [-0.1, -0.05) is 44.2 Å². The molecule has 0 heterocycles. The zero-order chi connectivity index (χ0) is 15.1. The zero-order valence-electron chi connectivity index (χ0n) is 12.7. The molecule has 0 fully saturated rings. The van der Waals surface area contributed by atoms with E-state index in [4.69, 9.17) is 9.84 Å². The maximum Gasteiger partial charge on any atom is 0.132 e. The lowest BCUT2D eigenvalue weighted by molar-refractivity contribution is 0.281. The van der Waals surface area contributed by atoms with E-state index in [0.717, 1.165) is 30.0 Å². The molecule has 3 nitrogen and oxygen atoms in total. The third-order valence-corrected chi connectivity index (χ3v) is 3.49. The maximum absolute atomic E-state index is 9.08. The second-order valence-electron chi connectivity index (χ2n) is 4.96. The first-order valence-corrected chi connectivity index (χ1v) is 7.48. The van der Waals surface area contributed by atoms with E-state index in [1.807, 2.05) is 42.5 Å². The average molecular weight is 285 g/mol. The van der Waals surface area contributed by atoms with Gasteiger partial charge in [0.2, 0.25) is 0 Å². The van der Waals surface area contributed by atoms with Crippen LogP contribution < -0.4 is 10.1 Å². The van der Waals surface area contributed by atoms with E-state index >= 15 is 0 Å². The lowest BCUT2D eigenvalue weighted by atomic mass is 10.0. The molecule has 0 spiro atoms. The molecule has 0 saturated heterocycles. The van der Waals surface area contributed by atoms with Crippen molar-refractivity contribution in [1.29, 1.82) is 0 Å². The first-order chi connectivity index (χ1) is 10.3. The predicted molar refractivity (Wildman–Crippen MR) is 85.6 cm³/mol. The van der Waals surface area contributed by atoms with Crippen molar-refractivity contribution in [2.24, 2.45) is 0 Å². The Balaban J connectivity index is 2.22. The van der Waals surface area contributed by atoms with Crippen molar-refractivity contribution in [2.75, 3.05) is 6.54 Å². The highest BCUT2D eigenvalue weighted by Gasteiger charge is 2.13. The molecule has 1 atom stereocenters. The van der Waals surface area contributed by atoms with E-state index in [-0.39, 0.29) is 6.61 Å². The Bertz CT molecular complexity index is 551. The Morgan fingerprint density at radius 3 is 2.38 bits per heavy atom. The molecule has 3 heteroatoms. The van der Waals surface area contributed by atoms with Gasteiger partial charge < -0.3 is 15.2 Å². The fraction of sp³-hybridized carbons (Fsp3) is 0.333. The fourth-order valence-electron chi connectivity index (χ4n) is 2.37. The van der Waals surface area contributed by atoms with Crippen LogP contribution in [0.3, 0.4) is 0 Å². The minimum atomic E-state index is 0.0508. The van der Waals surface area contributed by atoms with Crippen LogP contribution in [0.4, 0.5) is 0 Å². The van der Waals surface area contributed by atoms with Crippen LogP contribution in [0.15, 0.2) is 48.5 Å². The molecular weight excluding hydrogens is 262 g/mol. The molecular formula is C18H23NO2. The topological polar surface area (TPSA) is 41.5 Å². The third kappa shape index (κ3) is 4.06. The van der Waals surface area contributed by atoms with Crippen molar-refractivity contribution >= 4 is 0 Å². The quantitative estimate of drug-likeness (QED) is 0.807. The van der Waals surface area contributed by atoms with Crippen LogP contribution in [-0.4, -0.2) is 11.7 Å². The van der Waals surface area contributed by atoms with Gasteiger partial charge in [0.1, 0.15) is 11.5 Å². The fourth-order valence-corrected chi connectivity index (χ4v) is 2.37. The summed E-state index contributed by atoms with van der Waals surface area (Å²) < 4.78 is 6.02. The molecule has 2 rings (SSSR count). The lowest BCUT2D eigenvalue weighted by Crippen LogP contribution is -2.20. The standard InChI is InChI=1S/C18H23NO2/c1-3-17(19-4-2)16-7-5-6-8-18(16)21-15-11-9-14(13-20)10-12-15/h5-12,17,19-20H,3-4,13H2,1-2H3. The van der Waals surface area contributed by atoms with Gasteiger partial charge in [-0.3, -0.25) is 0 Å². The summed E-state index contributed by atoms with van der Waals surface area (Å²) in [5, 5.41) is 12.6. The van der Waals surface area contributed by atoms with Gasteiger partial charge in [-0.05, 0) is 36.7 Å². The number of para-hydroxylation sites is 1. The highest BCUT2D eigenvalue weighted by molar-refractivity contribution is 5.40.